The summed E-state index contributed by atoms with van der Waals surface area (Å²) < 4.78 is 23.4. The van der Waals surface area contributed by atoms with E-state index in [1.807, 2.05) is 37.3 Å². The molecule has 0 saturated carbocycles. The summed E-state index contributed by atoms with van der Waals surface area (Å²) >= 11 is 6.51. The molecule has 3 atom stereocenters. The van der Waals surface area contributed by atoms with E-state index in [2.05, 4.69) is 0 Å². The predicted octanol–water partition coefficient (Wildman–Crippen LogP) is 4.70. The SMILES string of the molecule is COc1cc(OC)c2c(c1Cl)O[C@]1(C2=O)C2=C(C[C@@H](c3ccccc3)O2)C(=O)C[C@H]1C. The molecule has 2 aliphatic heterocycles. The molecule has 2 aromatic carbocycles. The van der Waals surface area contributed by atoms with Gasteiger partial charge >= 0.3 is 0 Å². The summed E-state index contributed by atoms with van der Waals surface area (Å²) in [5, 5.41) is 0.187. The first kappa shape index (κ1) is 19.9. The van der Waals surface area contributed by atoms with Gasteiger partial charge in [-0.25, -0.2) is 0 Å². The van der Waals surface area contributed by atoms with Crippen LogP contribution in [0.15, 0.2) is 47.7 Å². The number of Topliss-reactive ketones (excluding diaryl/α,β-unsaturated/α-hetero) is 2. The van der Waals surface area contributed by atoms with E-state index in [0.717, 1.165) is 5.56 Å². The Hall–Kier alpha value is -2.99. The van der Waals surface area contributed by atoms with Gasteiger partial charge in [-0.1, -0.05) is 48.9 Å². The zero-order valence-corrected chi connectivity index (χ0v) is 18.1. The monoisotopic (exact) mass is 440 g/mol. The lowest BCUT2D eigenvalue weighted by atomic mass is 9.73. The average Bonchev–Trinajstić information content (AvgIpc) is 3.36. The largest absolute Gasteiger partial charge is 0.496 e. The van der Waals surface area contributed by atoms with Crippen LogP contribution >= 0.6 is 11.6 Å². The van der Waals surface area contributed by atoms with Crippen molar-refractivity contribution in [3.05, 3.63) is 63.9 Å². The molecule has 1 aliphatic carbocycles. The molecule has 0 amide bonds. The van der Waals surface area contributed by atoms with Crippen molar-refractivity contribution in [3.8, 4) is 17.2 Å². The molecule has 0 saturated heterocycles. The lowest BCUT2D eigenvalue weighted by Gasteiger charge is -2.37. The number of ketones is 2. The quantitative estimate of drug-likeness (QED) is 0.689. The minimum Gasteiger partial charge on any atom is -0.496 e. The van der Waals surface area contributed by atoms with Crippen molar-refractivity contribution in [2.45, 2.75) is 31.5 Å². The van der Waals surface area contributed by atoms with E-state index in [0.29, 0.717) is 29.3 Å². The van der Waals surface area contributed by atoms with Crippen molar-refractivity contribution >= 4 is 23.2 Å². The van der Waals surface area contributed by atoms with Gasteiger partial charge in [0.05, 0.1) is 14.2 Å². The van der Waals surface area contributed by atoms with Crippen molar-refractivity contribution in [2.24, 2.45) is 5.92 Å². The second kappa shape index (κ2) is 7.02. The Morgan fingerprint density at radius 2 is 1.77 bits per heavy atom. The molecule has 2 heterocycles. The maximum Gasteiger partial charge on any atom is 0.231 e. The van der Waals surface area contributed by atoms with Gasteiger partial charge in [-0.05, 0) is 5.56 Å². The average molecular weight is 441 g/mol. The van der Waals surface area contributed by atoms with E-state index < -0.39 is 11.5 Å². The second-order valence-electron chi connectivity index (χ2n) is 8.02. The summed E-state index contributed by atoms with van der Waals surface area (Å²) in [6.45, 7) is 1.82. The third kappa shape index (κ3) is 2.64. The normalized spacial score (nSPS) is 26.5. The van der Waals surface area contributed by atoms with Crippen LogP contribution in [0.1, 0.15) is 41.8 Å². The number of hydrogen-bond donors (Lipinski definition) is 0. The van der Waals surface area contributed by atoms with Crippen LogP contribution in [0.2, 0.25) is 5.02 Å². The molecule has 0 N–H and O–H groups in total. The molecule has 3 aliphatic rings. The fourth-order valence-electron chi connectivity index (χ4n) is 4.78. The minimum absolute atomic E-state index is 0.0189. The predicted molar refractivity (Wildman–Crippen MR) is 113 cm³/mol. The van der Waals surface area contributed by atoms with E-state index in [9.17, 15) is 9.59 Å². The number of carbonyl (C=O) groups excluding carboxylic acids is 2. The molecule has 160 valence electrons. The van der Waals surface area contributed by atoms with Gasteiger partial charge in [0.15, 0.2) is 17.3 Å². The van der Waals surface area contributed by atoms with Crippen LogP contribution in [0.4, 0.5) is 0 Å². The fraction of sp³-hybridized carbons (Fsp3) is 0.333. The highest BCUT2D eigenvalue weighted by Crippen LogP contribution is 2.58. The summed E-state index contributed by atoms with van der Waals surface area (Å²) in [5.41, 5.74) is 0.231. The van der Waals surface area contributed by atoms with Gasteiger partial charge in [0.2, 0.25) is 11.4 Å². The number of ether oxygens (including phenoxy) is 4. The van der Waals surface area contributed by atoms with Crippen LogP contribution in [0.3, 0.4) is 0 Å². The molecule has 6 nitrogen and oxygen atoms in total. The van der Waals surface area contributed by atoms with E-state index in [4.69, 9.17) is 30.5 Å². The Morgan fingerprint density at radius 3 is 2.45 bits per heavy atom. The number of benzene rings is 2. The number of carbonyl (C=O) groups is 2. The molecule has 0 bridgehead atoms. The third-order valence-electron chi connectivity index (χ3n) is 6.37. The summed E-state index contributed by atoms with van der Waals surface area (Å²) in [4.78, 5) is 26.8. The summed E-state index contributed by atoms with van der Waals surface area (Å²) in [7, 11) is 2.95. The molecule has 1 spiro atoms. The molecule has 2 aromatic rings. The maximum absolute atomic E-state index is 13.9. The van der Waals surface area contributed by atoms with Gasteiger partial charge in [0, 0.05) is 30.4 Å². The van der Waals surface area contributed by atoms with E-state index in [1.54, 1.807) is 6.07 Å². The molecule has 0 aromatic heterocycles. The van der Waals surface area contributed by atoms with E-state index in [-0.39, 0.29) is 40.4 Å². The van der Waals surface area contributed by atoms with Crippen LogP contribution in [-0.4, -0.2) is 31.4 Å². The third-order valence-corrected chi connectivity index (χ3v) is 6.73. The summed E-state index contributed by atoms with van der Waals surface area (Å²) in [6.07, 6.45) is 0.221. The highest BCUT2D eigenvalue weighted by atomic mass is 35.5. The Bertz CT molecular complexity index is 1140. The van der Waals surface area contributed by atoms with Crippen molar-refractivity contribution < 1.29 is 28.5 Å². The first-order chi connectivity index (χ1) is 14.9. The molecule has 7 heteroatoms. The van der Waals surface area contributed by atoms with Gasteiger partial charge in [0.25, 0.3) is 0 Å². The van der Waals surface area contributed by atoms with Crippen LogP contribution in [0.25, 0.3) is 0 Å². The molecule has 0 radical (unpaired) electrons. The number of halogens is 1. The number of fused-ring (bicyclic) bond motifs is 2. The van der Waals surface area contributed by atoms with Crippen LogP contribution in [-0.2, 0) is 9.53 Å². The number of rotatable bonds is 3. The second-order valence-corrected chi connectivity index (χ2v) is 8.40. The zero-order valence-electron chi connectivity index (χ0n) is 17.4. The van der Waals surface area contributed by atoms with E-state index in [1.165, 1.54) is 14.2 Å². The lowest BCUT2D eigenvalue weighted by Crippen LogP contribution is -2.52. The maximum atomic E-state index is 13.9. The fourth-order valence-corrected chi connectivity index (χ4v) is 5.05. The lowest BCUT2D eigenvalue weighted by molar-refractivity contribution is -0.119. The Morgan fingerprint density at radius 1 is 1.06 bits per heavy atom. The Kier molecular flexibility index (Phi) is 4.52. The molecule has 0 unspecified atom stereocenters. The van der Waals surface area contributed by atoms with Crippen molar-refractivity contribution in [2.75, 3.05) is 14.2 Å². The first-order valence-electron chi connectivity index (χ1n) is 10.1. The van der Waals surface area contributed by atoms with Crippen LogP contribution in [0, 0.1) is 5.92 Å². The summed E-state index contributed by atoms with van der Waals surface area (Å²) in [6, 6.07) is 11.2. The highest BCUT2D eigenvalue weighted by molar-refractivity contribution is 6.35. The van der Waals surface area contributed by atoms with Gasteiger partial charge in [-0.15, -0.1) is 0 Å². The first-order valence-corrected chi connectivity index (χ1v) is 10.5. The standard InChI is InChI=1S/C24H21ClO6/c1-12-9-15(26)14-10-16(13-7-5-4-6-8-13)30-23(14)24(12)22(27)19-17(28-2)11-18(29-3)20(25)21(19)31-24/h4-8,11-12,16H,9-10H2,1-3H3/t12-,16+,24-/m1/s1. The van der Waals surface area contributed by atoms with Crippen molar-refractivity contribution in [3.63, 3.8) is 0 Å². The molecular weight excluding hydrogens is 420 g/mol. The topological polar surface area (TPSA) is 71.1 Å². The van der Waals surface area contributed by atoms with Gasteiger partial charge < -0.3 is 18.9 Å². The van der Waals surface area contributed by atoms with Crippen molar-refractivity contribution in [1.29, 1.82) is 0 Å². The molecule has 0 fully saturated rings. The number of methoxy groups -OCH3 is 2. The Balaban J connectivity index is 1.65. The van der Waals surface area contributed by atoms with E-state index >= 15 is 0 Å². The van der Waals surface area contributed by atoms with Gasteiger partial charge in [-0.2, -0.15) is 0 Å². The molecule has 5 rings (SSSR count). The van der Waals surface area contributed by atoms with Crippen LogP contribution < -0.4 is 14.2 Å². The summed E-state index contributed by atoms with van der Waals surface area (Å²) in [5.74, 6) is 0.359. The highest BCUT2D eigenvalue weighted by Gasteiger charge is 2.63. The van der Waals surface area contributed by atoms with Gasteiger partial charge in [0.1, 0.15) is 28.2 Å². The Labute approximate surface area is 184 Å². The number of hydrogen-bond acceptors (Lipinski definition) is 6. The minimum atomic E-state index is -1.46. The molecule has 31 heavy (non-hydrogen) atoms. The zero-order chi connectivity index (χ0) is 21.9. The van der Waals surface area contributed by atoms with Gasteiger partial charge in [-0.3, -0.25) is 9.59 Å². The van der Waals surface area contributed by atoms with Crippen LogP contribution in [0.5, 0.6) is 17.2 Å². The van der Waals surface area contributed by atoms with Crippen molar-refractivity contribution in [1.82, 2.24) is 0 Å². The molecular formula is C24H21ClO6. The smallest absolute Gasteiger partial charge is 0.231 e.